The average Bonchev–Trinajstić information content (AvgIpc) is 1.69. The summed E-state index contributed by atoms with van der Waals surface area (Å²) < 4.78 is 0. The van der Waals surface area contributed by atoms with E-state index in [0.29, 0.717) is 29.3 Å². The van der Waals surface area contributed by atoms with E-state index in [-0.39, 0.29) is 25.1 Å². The highest BCUT2D eigenvalue weighted by atomic mass is 16.4. The number of aliphatic hydroxyl groups is 5. The predicted molar refractivity (Wildman–Crippen MR) is 417 cm³/mol. The van der Waals surface area contributed by atoms with Gasteiger partial charge in [-0.1, -0.05) is 32.0 Å². The molecule has 50 heteroatoms. The normalized spacial score (nSPS) is 15.6. The standard InChI is InChI=1S/C71H109N23O27/c1-29(2)53(92-70(119)54(32(5)97)91-51(103)25-79-59(108)44(20-48(74)100)86-60(109)40(14-10-11-17-72)83-58(107)38(73)26-95)67(116)94-56(34(7)99)69(118)88-42(18-35-23-78-39-13-9-8-12-37(35)39)62(111)81-30(3)57(106)85-43(19-36-24-77-28-80-36)63(112)84-41(15-16-52(104)105)61(110)93-55(33(6)98)68(117)89-46(22-50(76)102)64(113)87-45(21-49(75)101)65(114)90-47(27-96)66(115)82-31(4)71(120)121/h8-9,12-13,23-24,28-34,38,40-47,53-56,78,95-99H,10-11,14-22,25-27,72-73H2,1-7H3,(H2,74,100)(H2,75,101)(H2,76,102)(H,77,80)(H,79,108)(H,81,111)(H,82,115)(H,83,107)(H,84,112)(H,85,106)(H,86,109)(H,87,113)(H,88,118)(H,89,117)(H,90,114)(H,91,103)(H,92,119)(H,93,110)(H,94,116)(H,104,105)(H,120,121)/t30-,31-,32+,33+,34+,38-,40-,41-,42-,43-,44-,45-,46-,47-,53-,54-,55-,56-/m0/s1. The molecule has 1 aromatic carbocycles. The van der Waals surface area contributed by atoms with E-state index in [1.807, 2.05) is 21.3 Å². The Labute approximate surface area is 689 Å². The van der Waals surface area contributed by atoms with Crippen LogP contribution in [-0.4, -0.2) is 304 Å². The Morgan fingerprint density at radius 1 is 0.430 bits per heavy atom. The highest BCUT2D eigenvalue weighted by molar-refractivity contribution is 6.03. The topological polar surface area (TPSA) is 838 Å². The number of unbranched alkanes of at least 4 members (excludes halogenated alkanes) is 1. The molecule has 0 unspecified atom stereocenters. The predicted octanol–water partition coefficient (Wildman–Crippen LogP) is -13.6. The van der Waals surface area contributed by atoms with Crippen LogP contribution >= 0.6 is 0 Å². The number of nitrogens with zero attached hydrogens (tertiary/aromatic N) is 1. The molecule has 50 nitrogen and oxygen atoms in total. The molecule has 2 aromatic heterocycles. The number of carbonyl (C=O) groups excluding carboxylic acids is 18. The van der Waals surface area contributed by atoms with E-state index in [0.717, 1.165) is 34.6 Å². The lowest BCUT2D eigenvalue weighted by Crippen LogP contribution is -2.63. The van der Waals surface area contributed by atoms with E-state index in [9.17, 15) is 132 Å². The first kappa shape index (κ1) is 102. The van der Waals surface area contributed by atoms with Crippen LogP contribution < -0.4 is 108 Å². The Morgan fingerprint density at radius 3 is 1.35 bits per heavy atom. The number of nitrogens with two attached hydrogens (primary N) is 5. The molecule has 34 N–H and O–H groups in total. The molecule has 3 rings (SSSR count). The molecule has 0 saturated heterocycles. The van der Waals surface area contributed by atoms with Gasteiger partial charge in [0, 0.05) is 48.3 Å². The van der Waals surface area contributed by atoms with Gasteiger partial charge in [0.15, 0.2) is 0 Å². The van der Waals surface area contributed by atoms with Gasteiger partial charge in [-0.05, 0) is 84.4 Å². The van der Waals surface area contributed by atoms with Gasteiger partial charge in [-0.15, -0.1) is 0 Å². The van der Waals surface area contributed by atoms with E-state index in [1.165, 1.54) is 32.6 Å². The third kappa shape index (κ3) is 34.5. The number of rotatable bonds is 54. The van der Waals surface area contributed by atoms with Gasteiger partial charge >= 0.3 is 11.9 Å². The zero-order valence-electron chi connectivity index (χ0n) is 67.0. The van der Waals surface area contributed by atoms with E-state index in [2.05, 4.69) is 73.4 Å². The maximum absolute atomic E-state index is 14.7. The van der Waals surface area contributed by atoms with Crippen molar-refractivity contribution in [2.75, 3.05) is 26.3 Å². The number of aromatic nitrogens is 3. The van der Waals surface area contributed by atoms with Gasteiger partial charge in [-0.3, -0.25) is 95.9 Å². The molecule has 18 atom stereocenters. The van der Waals surface area contributed by atoms with Crippen LogP contribution in [0.15, 0.2) is 43.0 Å². The molecule has 0 bridgehead atoms. The molecule has 121 heavy (non-hydrogen) atoms. The first-order valence-electron chi connectivity index (χ1n) is 37.8. The second-order valence-electron chi connectivity index (χ2n) is 28.5. The number of fused-ring (bicyclic) bond motifs is 1. The second kappa shape index (κ2) is 50.1. The summed E-state index contributed by atoms with van der Waals surface area (Å²) in [5, 5.41) is 105. The Kier molecular flexibility index (Phi) is 42.4. The molecule has 3 aromatic rings. The summed E-state index contributed by atoms with van der Waals surface area (Å²) in [5.41, 5.74) is 28.2. The number of aromatic amines is 2. The van der Waals surface area contributed by atoms with Crippen LogP contribution in [0.5, 0.6) is 0 Å². The van der Waals surface area contributed by atoms with E-state index < -0.39 is 291 Å². The molecule has 18 amide bonds. The van der Waals surface area contributed by atoms with Crippen molar-refractivity contribution in [3.63, 3.8) is 0 Å². The fraction of sp³-hybridized carbons (Fsp3) is 0.563. The maximum Gasteiger partial charge on any atom is 0.325 e. The monoisotopic (exact) mass is 1720 g/mol. The summed E-state index contributed by atoms with van der Waals surface area (Å²) in [6.07, 6.45) is -6.46. The van der Waals surface area contributed by atoms with Gasteiger partial charge < -0.3 is 154 Å². The number of hydrogen-bond donors (Lipinski definition) is 29. The van der Waals surface area contributed by atoms with E-state index >= 15 is 0 Å². The quantitative estimate of drug-likeness (QED) is 0.0233. The molecule has 0 aliphatic rings. The molecular formula is C71H109N23O27. The summed E-state index contributed by atoms with van der Waals surface area (Å²) >= 11 is 0. The van der Waals surface area contributed by atoms with Crippen LogP contribution in [0, 0.1) is 5.92 Å². The number of amides is 18. The smallest absolute Gasteiger partial charge is 0.325 e. The number of nitrogens with one attached hydrogen (secondary N) is 17. The van der Waals surface area contributed by atoms with Crippen LogP contribution in [-0.2, 0) is 109 Å². The molecular weight excluding hydrogens is 1610 g/mol. The number of H-pyrrole nitrogens is 2. The van der Waals surface area contributed by atoms with Crippen LogP contribution in [0.2, 0.25) is 0 Å². The largest absolute Gasteiger partial charge is 0.481 e. The second-order valence-corrected chi connectivity index (χ2v) is 28.5. The molecule has 0 aliphatic carbocycles. The van der Waals surface area contributed by atoms with Crippen LogP contribution in [0.25, 0.3) is 10.9 Å². The first-order chi connectivity index (χ1) is 56.7. The number of carbonyl (C=O) groups is 20. The van der Waals surface area contributed by atoms with Crippen molar-refractivity contribution in [1.82, 2.24) is 94.7 Å². The third-order valence-corrected chi connectivity index (χ3v) is 18.0. The number of imidazole rings is 1. The van der Waals surface area contributed by atoms with Crippen molar-refractivity contribution >= 4 is 129 Å². The fourth-order valence-corrected chi connectivity index (χ4v) is 11.3. The summed E-state index contributed by atoms with van der Waals surface area (Å²) in [6, 6.07) is -20.3. The van der Waals surface area contributed by atoms with Crippen molar-refractivity contribution in [2.24, 2.45) is 34.6 Å². The van der Waals surface area contributed by atoms with Gasteiger partial charge in [0.25, 0.3) is 0 Å². The summed E-state index contributed by atoms with van der Waals surface area (Å²) in [7, 11) is 0. The molecule has 0 fully saturated rings. The summed E-state index contributed by atoms with van der Waals surface area (Å²) in [6.45, 7) is 5.43. The highest BCUT2D eigenvalue weighted by Gasteiger charge is 2.41. The number of hydrogen-bond acceptors (Lipinski definition) is 28. The molecule has 0 radical (unpaired) electrons. The number of para-hydroxylation sites is 1. The molecule has 2 heterocycles. The first-order valence-corrected chi connectivity index (χ1v) is 37.8. The number of benzene rings is 1. The van der Waals surface area contributed by atoms with Crippen LogP contribution in [0.1, 0.15) is 111 Å². The van der Waals surface area contributed by atoms with Crippen molar-refractivity contribution in [2.45, 2.75) is 222 Å². The SMILES string of the molecule is CC(C)[C@H](NC(=O)[C@@H](NC(=O)CNC(=O)[C@H](CC(N)=O)NC(=O)[C@H](CCCCN)NC(=O)[C@@H](N)CO)[C@@H](C)O)C(=O)N[C@H](C(=O)N[C@@H](Cc1c[nH]c2ccccc12)C(=O)N[C@@H](C)C(=O)N[C@@H](Cc1cnc[nH]1)C(=O)N[C@@H](CCC(=O)O)C(=O)N[C@H](C(=O)N[C@@H](CC(N)=O)C(=O)N[C@@H](CC(N)=O)C(=O)N[C@@H](CO)C(=O)N[C@@H](C)C(=O)O)[C@@H](C)O)[C@@H](C)O. The minimum atomic E-state index is -2.18. The number of aliphatic hydroxyl groups excluding tert-OH is 5. The Balaban J connectivity index is 1.90. The Hall–Kier alpha value is -12.9. The Bertz CT molecular complexity index is 4160. The van der Waals surface area contributed by atoms with Crippen LogP contribution in [0.4, 0.5) is 0 Å². The van der Waals surface area contributed by atoms with Gasteiger partial charge in [0.05, 0.1) is 63.7 Å². The third-order valence-electron chi connectivity index (χ3n) is 18.0. The van der Waals surface area contributed by atoms with Gasteiger partial charge in [0.1, 0.15) is 90.6 Å². The fourth-order valence-electron chi connectivity index (χ4n) is 11.3. The maximum atomic E-state index is 14.7. The van der Waals surface area contributed by atoms with Crippen LogP contribution in [0.3, 0.4) is 0 Å². The lowest BCUT2D eigenvalue weighted by atomic mass is 10.0. The minimum absolute atomic E-state index is 0.0318. The lowest BCUT2D eigenvalue weighted by molar-refractivity contribution is -0.142. The van der Waals surface area contributed by atoms with Gasteiger partial charge in [0.2, 0.25) is 106 Å². The van der Waals surface area contributed by atoms with Gasteiger partial charge in [-0.25, -0.2) is 4.98 Å². The highest BCUT2D eigenvalue weighted by Crippen LogP contribution is 2.20. The number of carboxylic acid groups (broad SMARTS) is 2. The number of primary amides is 3. The van der Waals surface area contributed by atoms with Crippen molar-refractivity contribution < 1.29 is 132 Å². The van der Waals surface area contributed by atoms with Crippen molar-refractivity contribution in [3.8, 4) is 0 Å². The summed E-state index contributed by atoms with van der Waals surface area (Å²) in [4.78, 5) is 276. The Morgan fingerprint density at radius 2 is 0.843 bits per heavy atom. The molecule has 670 valence electrons. The van der Waals surface area contributed by atoms with Gasteiger partial charge in [-0.2, -0.15) is 0 Å². The average molecular weight is 1720 g/mol. The lowest BCUT2D eigenvalue weighted by Gasteiger charge is -2.30. The zero-order chi connectivity index (χ0) is 91.4. The number of aliphatic carboxylic acids is 2. The zero-order valence-corrected chi connectivity index (χ0v) is 67.0. The van der Waals surface area contributed by atoms with E-state index in [1.54, 1.807) is 24.3 Å². The summed E-state index contributed by atoms with van der Waals surface area (Å²) in [5.74, 6) is -25.9. The van der Waals surface area contributed by atoms with Crippen molar-refractivity contribution in [1.29, 1.82) is 0 Å². The van der Waals surface area contributed by atoms with Crippen molar-refractivity contribution in [3.05, 3.63) is 54.2 Å². The minimum Gasteiger partial charge on any atom is -0.481 e. The molecule has 0 saturated carbocycles. The number of carboxylic acids is 2. The molecule has 0 spiro atoms. The van der Waals surface area contributed by atoms with E-state index in [4.69, 9.17) is 28.7 Å². The molecule has 0 aliphatic heterocycles.